The molecule has 0 unspecified atom stereocenters. The topological polar surface area (TPSA) is 73.1 Å². The normalized spacial score (nSPS) is 11.3. The average molecular weight is 406 g/mol. The van der Waals surface area contributed by atoms with Crippen LogP contribution in [-0.2, 0) is 12.6 Å². The second-order valence-corrected chi connectivity index (χ2v) is 6.22. The first-order valence-electron chi connectivity index (χ1n) is 8.71. The lowest BCUT2D eigenvalue weighted by molar-refractivity contribution is -0.137. The van der Waals surface area contributed by atoms with Crippen molar-refractivity contribution in [3.63, 3.8) is 0 Å². The van der Waals surface area contributed by atoms with Gasteiger partial charge in [-0.25, -0.2) is 9.37 Å². The minimum atomic E-state index is -4.63. The first-order chi connectivity index (χ1) is 13.8. The Balaban J connectivity index is 1.60. The molecule has 152 valence electrons. The maximum atomic E-state index is 13.5. The predicted molar refractivity (Wildman–Crippen MR) is 101 cm³/mol. The van der Waals surface area contributed by atoms with Crippen molar-refractivity contribution < 1.29 is 22.3 Å². The highest BCUT2D eigenvalue weighted by Gasteiger charge is 2.31. The highest BCUT2D eigenvalue weighted by molar-refractivity contribution is 5.45. The van der Waals surface area contributed by atoms with Crippen LogP contribution in [0.3, 0.4) is 0 Å². The molecule has 0 saturated heterocycles. The third-order valence-electron chi connectivity index (χ3n) is 3.97. The number of nitrogen functional groups attached to an aromatic ring is 1. The van der Waals surface area contributed by atoms with Gasteiger partial charge in [0, 0.05) is 18.2 Å². The molecule has 0 aliphatic heterocycles. The van der Waals surface area contributed by atoms with Crippen molar-refractivity contribution in [1.29, 1.82) is 0 Å². The van der Waals surface area contributed by atoms with Crippen LogP contribution < -0.4 is 15.8 Å². The molecule has 5 nitrogen and oxygen atoms in total. The van der Waals surface area contributed by atoms with E-state index in [1.165, 1.54) is 6.20 Å². The number of ether oxygens (including phenoxy) is 1. The van der Waals surface area contributed by atoms with Gasteiger partial charge in [0.2, 0.25) is 5.95 Å². The summed E-state index contributed by atoms with van der Waals surface area (Å²) in [5, 5.41) is 2.95. The summed E-state index contributed by atoms with van der Waals surface area (Å²) in [6, 6.07) is 11.6. The third-order valence-corrected chi connectivity index (χ3v) is 3.97. The molecule has 0 aliphatic rings. The van der Waals surface area contributed by atoms with Crippen LogP contribution in [0.4, 0.5) is 29.3 Å². The molecule has 0 aliphatic carbocycles. The number of anilines is 2. The molecule has 0 amide bonds. The largest absolute Gasteiger partial charge is 0.492 e. The Morgan fingerprint density at radius 2 is 1.83 bits per heavy atom. The van der Waals surface area contributed by atoms with Gasteiger partial charge in [-0.05, 0) is 35.9 Å². The lowest BCUT2D eigenvalue weighted by atomic mass is 10.0. The van der Waals surface area contributed by atoms with E-state index < -0.39 is 17.6 Å². The van der Waals surface area contributed by atoms with E-state index >= 15 is 0 Å². The van der Waals surface area contributed by atoms with Crippen molar-refractivity contribution in [3.05, 3.63) is 77.2 Å². The number of hydrogen-bond donors (Lipinski definition) is 2. The minimum absolute atomic E-state index is 0.0237. The zero-order valence-electron chi connectivity index (χ0n) is 15.2. The molecular formula is C20H18F4N4O. The zero-order chi connectivity index (χ0) is 20.9. The van der Waals surface area contributed by atoms with Gasteiger partial charge in [0.15, 0.2) is 0 Å². The van der Waals surface area contributed by atoms with Crippen molar-refractivity contribution >= 4 is 11.8 Å². The first kappa shape index (κ1) is 20.4. The van der Waals surface area contributed by atoms with Crippen LogP contribution in [0.5, 0.6) is 5.75 Å². The Morgan fingerprint density at radius 1 is 1.07 bits per heavy atom. The van der Waals surface area contributed by atoms with E-state index in [1.54, 1.807) is 0 Å². The number of benzene rings is 2. The Kier molecular flexibility index (Phi) is 6.16. The second-order valence-electron chi connectivity index (χ2n) is 6.22. The molecule has 0 bridgehead atoms. The highest BCUT2D eigenvalue weighted by Crippen LogP contribution is 2.31. The molecule has 9 heteroatoms. The molecule has 1 heterocycles. The second kappa shape index (κ2) is 8.76. The maximum Gasteiger partial charge on any atom is 0.416 e. The van der Waals surface area contributed by atoms with Gasteiger partial charge in [0.1, 0.15) is 24.0 Å². The number of nitrogens with one attached hydrogen (secondary N) is 1. The number of alkyl halides is 3. The van der Waals surface area contributed by atoms with Gasteiger partial charge < -0.3 is 15.8 Å². The van der Waals surface area contributed by atoms with E-state index in [0.29, 0.717) is 24.8 Å². The van der Waals surface area contributed by atoms with Crippen LogP contribution in [0, 0.1) is 5.82 Å². The maximum absolute atomic E-state index is 13.5. The predicted octanol–water partition coefficient (Wildman–Crippen LogP) is 4.30. The third kappa shape index (κ3) is 5.81. The molecule has 3 N–H and O–H groups in total. The molecule has 2 aromatic carbocycles. The van der Waals surface area contributed by atoms with E-state index in [-0.39, 0.29) is 23.8 Å². The van der Waals surface area contributed by atoms with Crippen molar-refractivity contribution in [2.75, 3.05) is 24.2 Å². The van der Waals surface area contributed by atoms with Crippen LogP contribution in [0.1, 0.15) is 16.7 Å². The van der Waals surface area contributed by atoms with E-state index in [0.717, 1.165) is 17.9 Å². The summed E-state index contributed by atoms with van der Waals surface area (Å²) in [7, 11) is 0. The van der Waals surface area contributed by atoms with Gasteiger partial charge >= 0.3 is 6.18 Å². The molecular weight excluding hydrogens is 388 g/mol. The average Bonchev–Trinajstić information content (AvgIpc) is 2.67. The zero-order valence-corrected chi connectivity index (χ0v) is 15.2. The summed E-state index contributed by atoms with van der Waals surface area (Å²) in [6.45, 7) is 0.797. The molecule has 1 aromatic heterocycles. The Hall–Kier alpha value is -3.36. The van der Waals surface area contributed by atoms with Gasteiger partial charge in [-0.1, -0.05) is 18.2 Å². The molecule has 0 radical (unpaired) electrons. The molecule has 0 saturated carbocycles. The van der Waals surface area contributed by atoms with Gasteiger partial charge in [-0.2, -0.15) is 18.2 Å². The van der Waals surface area contributed by atoms with Crippen LogP contribution in [0.2, 0.25) is 0 Å². The number of nitrogens with zero attached hydrogens (tertiary/aromatic N) is 2. The van der Waals surface area contributed by atoms with E-state index in [2.05, 4.69) is 15.3 Å². The van der Waals surface area contributed by atoms with Crippen molar-refractivity contribution in [3.8, 4) is 5.75 Å². The molecule has 29 heavy (non-hydrogen) atoms. The monoisotopic (exact) mass is 406 g/mol. The Bertz CT molecular complexity index is 964. The van der Waals surface area contributed by atoms with Gasteiger partial charge in [0.25, 0.3) is 0 Å². The fourth-order valence-corrected chi connectivity index (χ4v) is 2.63. The fourth-order valence-electron chi connectivity index (χ4n) is 2.63. The lowest BCUT2D eigenvalue weighted by Gasteiger charge is -2.11. The molecule has 0 spiro atoms. The summed E-state index contributed by atoms with van der Waals surface area (Å²) >= 11 is 0. The number of halogens is 4. The van der Waals surface area contributed by atoms with E-state index in [4.69, 9.17) is 10.5 Å². The van der Waals surface area contributed by atoms with E-state index in [1.807, 2.05) is 30.3 Å². The molecule has 3 rings (SSSR count). The van der Waals surface area contributed by atoms with Crippen LogP contribution in [-0.4, -0.2) is 23.1 Å². The summed E-state index contributed by atoms with van der Waals surface area (Å²) in [6.07, 6.45) is -3.25. The number of hydrogen-bond acceptors (Lipinski definition) is 5. The van der Waals surface area contributed by atoms with Gasteiger partial charge in [-0.3, -0.25) is 0 Å². The number of nitrogens with two attached hydrogens (primary N) is 1. The summed E-state index contributed by atoms with van der Waals surface area (Å²) < 4.78 is 57.6. The van der Waals surface area contributed by atoms with Crippen LogP contribution >= 0.6 is 0 Å². The highest BCUT2D eigenvalue weighted by atomic mass is 19.4. The van der Waals surface area contributed by atoms with Crippen LogP contribution in [0.15, 0.2) is 54.7 Å². The van der Waals surface area contributed by atoms with E-state index in [9.17, 15) is 17.6 Å². The standard InChI is InChI=1S/C20H18F4N4O/c21-16-10-13(9-15(11-16)20(22,23)24)8-14-12-27-19(28-18(14)25)26-6-7-29-17-4-2-1-3-5-17/h1-5,9-12H,6-8H2,(H3,25,26,27,28). The lowest BCUT2D eigenvalue weighted by Crippen LogP contribution is -2.14. The van der Waals surface area contributed by atoms with Crippen LogP contribution in [0.25, 0.3) is 0 Å². The SMILES string of the molecule is Nc1nc(NCCOc2ccccc2)ncc1Cc1cc(F)cc(C(F)(F)F)c1. The number of para-hydroxylation sites is 1. The fraction of sp³-hybridized carbons (Fsp3) is 0.200. The van der Waals surface area contributed by atoms with Crippen molar-refractivity contribution in [2.45, 2.75) is 12.6 Å². The first-order valence-corrected chi connectivity index (χ1v) is 8.71. The molecule has 0 fully saturated rings. The summed E-state index contributed by atoms with van der Waals surface area (Å²) in [5.41, 5.74) is 5.36. The van der Waals surface area contributed by atoms with Gasteiger partial charge in [0.05, 0.1) is 12.1 Å². The summed E-state index contributed by atoms with van der Waals surface area (Å²) in [4.78, 5) is 8.19. The molecule has 3 aromatic rings. The smallest absolute Gasteiger partial charge is 0.416 e. The number of rotatable bonds is 7. The van der Waals surface area contributed by atoms with Crippen molar-refractivity contribution in [2.24, 2.45) is 0 Å². The van der Waals surface area contributed by atoms with Gasteiger partial charge in [-0.15, -0.1) is 0 Å². The number of aromatic nitrogens is 2. The quantitative estimate of drug-likeness (QED) is 0.452. The minimum Gasteiger partial charge on any atom is -0.492 e. The van der Waals surface area contributed by atoms with Crippen molar-refractivity contribution in [1.82, 2.24) is 9.97 Å². The molecule has 0 atom stereocenters. The Morgan fingerprint density at radius 3 is 2.52 bits per heavy atom. The Labute approximate surface area is 164 Å². The summed E-state index contributed by atoms with van der Waals surface area (Å²) in [5.74, 6) is 0.131.